The summed E-state index contributed by atoms with van der Waals surface area (Å²) in [5.41, 5.74) is -1.72. The van der Waals surface area contributed by atoms with Gasteiger partial charge < -0.3 is 15.3 Å². The van der Waals surface area contributed by atoms with Crippen molar-refractivity contribution >= 4 is 17.7 Å². The summed E-state index contributed by atoms with van der Waals surface area (Å²) >= 11 is 0. The highest BCUT2D eigenvalue weighted by Crippen LogP contribution is 2.49. The van der Waals surface area contributed by atoms with E-state index in [0.717, 1.165) is 25.0 Å². The van der Waals surface area contributed by atoms with Crippen LogP contribution in [0.25, 0.3) is 0 Å². The molecule has 1 aromatic carbocycles. The number of rotatable bonds is 2. The number of amides is 2. The van der Waals surface area contributed by atoms with Crippen molar-refractivity contribution in [1.29, 1.82) is 0 Å². The molecule has 0 bridgehead atoms. The maximum atomic E-state index is 12.7. The Morgan fingerprint density at radius 1 is 1.33 bits per heavy atom. The molecule has 24 heavy (non-hydrogen) atoms. The zero-order valence-corrected chi connectivity index (χ0v) is 12.8. The molecule has 5 nitrogen and oxygen atoms in total. The number of benzene rings is 1. The molecular formula is C16H17F3N2O3. The number of carbonyl (C=O) groups excluding carboxylic acids is 1. The van der Waals surface area contributed by atoms with Gasteiger partial charge in [0.05, 0.1) is 11.0 Å². The summed E-state index contributed by atoms with van der Waals surface area (Å²) in [7, 11) is 0. The molecule has 2 amide bonds. The zero-order chi connectivity index (χ0) is 17.5. The molecule has 1 aliphatic carbocycles. The SMILES string of the molecule is O=C(Nc1cccc(C(F)(F)F)c1)N1C[C@@H]2CCC[C@@]2(C(=O)O)C1. The number of anilines is 1. The van der Waals surface area contributed by atoms with E-state index in [1.165, 1.54) is 17.0 Å². The minimum atomic E-state index is -4.49. The number of hydrogen-bond acceptors (Lipinski definition) is 2. The van der Waals surface area contributed by atoms with Crippen LogP contribution in [0.4, 0.5) is 23.7 Å². The molecule has 3 rings (SSSR count). The molecule has 0 aromatic heterocycles. The maximum absolute atomic E-state index is 12.7. The van der Waals surface area contributed by atoms with Gasteiger partial charge in [0.1, 0.15) is 0 Å². The Hall–Kier alpha value is -2.25. The lowest BCUT2D eigenvalue weighted by molar-refractivity contribution is -0.149. The Labute approximate surface area is 136 Å². The fourth-order valence-electron chi connectivity index (χ4n) is 3.77. The highest BCUT2D eigenvalue weighted by atomic mass is 19.4. The minimum absolute atomic E-state index is 0.0382. The predicted octanol–water partition coefficient (Wildman–Crippen LogP) is 3.42. The van der Waals surface area contributed by atoms with Crippen LogP contribution >= 0.6 is 0 Å². The average molecular weight is 342 g/mol. The van der Waals surface area contributed by atoms with E-state index in [9.17, 15) is 27.9 Å². The van der Waals surface area contributed by atoms with Crippen molar-refractivity contribution in [3.63, 3.8) is 0 Å². The number of halogens is 3. The quantitative estimate of drug-likeness (QED) is 0.865. The molecule has 2 atom stereocenters. The number of hydrogen-bond donors (Lipinski definition) is 2. The van der Waals surface area contributed by atoms with E-state index in [4.69, 9.17) is 0 Å². The van der Waals surface area contributed by atoms with Crippen LogP contribution in [-0.2, 0) is 11.0 Å². The molecule has 0 unspecified atom stereocenters. The van der Waals surface area contributed by atoms with Crippen LogP contribution < -0.4 is 5.32 Å². The predicted molar refractivity (Wildman–Crippen MR) is 79.4 cm³/mol. The minimum Gasteiger partial charge on any atom is -0.481 e. The van der Waals surface area contributed by atoms with Gasteiger partial charge in [0.25, 0.3) is 0 Å². The number of carboxylic acid groups (broad SMARTS) is 1. The van der Waals surface area contributed by atoms with E-state index in [1.54, 1.807) is 0 Å². The largest absolute Gasteiger partial charge is 0.481 e. The van der Waals surface area contributed by atoms with Gasteiger partial charge in [-0.3, -0.25) is 4.79 Å². The van der Waals surface area contributed by atoms with Crippen LogP contribution in [0.15, 0.2) is 24.3 Å². The molecule has 2 fully saturated rings. The summed E-state index contributed by atoms with van der Waals surface area (Å²) in [5.74, 6) is -0.998. The van der Waals surface area contributed by atoms with Gasteiger partial charge in [-0.05, 0) is 37.0 Å². The average Bonchev–Trinajstić information content (AvgIpc) is 3.04. The summed E-state index contributed by atoms with van der Waals surface area (Å²) in [6.07, 6.45) is -2.39. The van der Waals surface area contributed by atoms with E-state index in [0.29, 0.717) is 13.0 Å². The molecular weight excluding hydrogens is 325 g/mol. The molecule has 1 heterocycles. The van der Waals surface area contributed by atoms with E-state index in [2.05, 4.69) is 5.32 Å². The third kappa shape index (κ3) is 2.81. The van der Waals surface area contributed by atoms with E-state index < -0.39 is 29.2 Å². The van der Waals surface area contributed by atoms with Crippen LogP contribution in [-0.4, -0.2) is 35.1 Å². The monoisotopic (exact) mass is 342 g/mol. The van der Waals surface area contributed by atoms with Gasteiger partial charge in [-0.15, -0.1) is 0 Å². The molecule has 1 saturated carbocycles. The van der Waals surface area contributed by atoms with Crippen LogP contribution in [0.3, 0.4) is 0 Å². The number of likely N-dealkylation sites (tertiary alicyclic amines) is 1. The topological polar surface area (TPSA) is 69.6 Å². The molecule has 0 radical (unpaired) electrons. The van der Waals surface area contributed by atoms with Gasteiger partial charge in [0.15, 0.2) is 0 Å². The maximum Gasteiger partial charge on any atom is 0.416 e. The second kappa shape index (κ2) is 5.68. The molecule has 1 saturated heterocycles. The fraction of sp³-hybridized carbons (Fsp3) is 0.500. The number of nitrogens with zero attached hydrogens (tertiary/aromatic N) is 1. The Kier molecular flexibility index (Phi) is 3.93. The van der Waals surface area contributed by atoms with E-state index in [-0.39, 0.29) is 18.2 Å². The highest BCUT2D eigenvalue weighted by Gasteiger charge is 2.55. The normalized spacial score (nSPS) is 26.3. The van der Waals surface area contributed by atoms with Crippen molar-refractivity contribution in [2.24, 2.45) is 11.3 Å². The van der Waals surface area contributed by atoms with E-state index in [1.807, 2.05) is 0 Å². The second-order valence-corrected chi connectivity index (χ2v) is 6.44. The lowest BCUT2D eigenvalue weighted by Crippen LogP contribution is -2.38. The first-order valence-corrected chi connectivity index (χ1v) is 7.69. The molecule has 130 valence electrons. The summed E-state index contributed by atoms with van der Waals surface area (Å²) in [6.45, 7) is 0.412. The Bertz CT molecular complexity index is 677. The van der Waals surface area contributed by atoms with Crippen molar-refractivity contribution in [2.75, 3.05) is 18.4 Å². The molecule has 0 spiro atoms. The first-order chi connectivity index (χ1) is 11.2. The first-order valence-electron chi connectivity index (χ1n) is 7.69. The number of aliphatic carboxylic acids is 1. The van der Waals surface area contributed by atoms with Gasteiger partial charge in [0, 0.05) is 18.8 Å². The number of urea groups is 1. The molecule has 1 aliphatic heterocycles. The number of carbonyl (C=O) groups is 2. The third-order valence-electron chi connectivity index (χ3n) is 5.03. The van der Waals surface area contributed by atoms with Gasteiger partial charge in [-0.2, -0.15) is 13.2 Å². The third-order valence-corrected chi connectivity index (χ3v) is 5.03. The standard InChI is InChI=1S/C16H17F3N2O3/c17-16(18,19)10-3-1-5-12(7-10)20-14(24)21-8-11-4-2-6-15(11,9-21)13(22)23/h1,3,5,7,11H,2,4,6,8-9H2,(H,20,24)(H,22,23)/t11-,15+/m0/s1. The fourth-order valence-corrected chi connectivity index (χ4v) is 3.77. The van der Waals surface area contributed by atoms with Crippen molar-refractivity contribution in [1.82, 2.24) is 4.90 Å². The van der Waals surface area contributed by atoms with Crippen molar-refractivity contribution in [3.8, 4) is 0 Å². The summed E-state index contributed by atoms with van der Waals surface area (Å²) in [6, 6.07) is 3.81. The molecule has 2 N–H and O–H groups in total. The molecule has 1 aromatic rings. The van der Waals surface area contributed by atoms with Crippen molar-refractivity contribution < 1.29 is 27.9 Å². The Balaban J connectivity index is 1.72. The van der Waals surface area contributed by atoms with Crippen LogP contribution in [0.1, 0.15) is 24.8 Å². The number of nitrogens with one attached hydrogen (secondary N) is 1. The van der Waals surface area contributed by atoms with Gasteiger partial charge in [-0.1, -0.05) is 12.5 Å². The van der Waals surface area contributed by atoms with Crippen molar-refractivity contribution in [3.05, 3.63) is 29.8 Å². The first kappa shape index (κ1) is 16.6. The summed E-state index contributed by atoms with van der Waals surface area (Å²) in [4.78, 5) is 25.3. The van der Waals surface area contributed by atoms with Gasteiger partial charge >= 0.3 is 18.2 Å². The summed E-state index contributed by atoms with van der Waals surface area (Å²) in [5, 5.41) is 11.9. The Morgan fingerprint density at radius 3 is 2.71 bits per heavy atom. The van der Waals surface area contributed by atoms with Crippen LogP contribution in [0, 0.1) is 11.3 Å². The van der Waals surface area contributed by atoms with E-state index >= 15 is 0 Å². The number of carboxylic acids is 1. The number of fused-ring (bicyclic) bond motifs is 1. The number of alkyl halides is 3. The lowest BCUT2D eigenvalue weighted by Gasteiger charge is -2.23. The van der Waals surface area contributed by atoms with Crippen LogP contribution in [0.5, 0.6) is 0 Å². The second-order valence-electron chi connectivity index (χ2n) is 6.44. The summed E-state index contributed by atoms with van der Waals surface area (Å²) < 4.78 is 38.1. The van der Waals surface area contributed by atoms with Crippen LogP contribution in [0.2, 0.25) is 0 Å². The zero-order valence-electron chi connectivity index (χ0n) is 12.8. The van der Waals surface area contributed by atoms with Gasteiger partial charge in [-0.25, -0.2) is 4.79 Å². The highest BCUT2D eigenvalue weighted by molar-refractivity contribution is 5.90. The smallest absolute Gasteiger partial charge is 0.416 e. The molecule has 2 aliphatic rings. The Morgan fingerprint density at radius 2 is 2.08 bits per heavy atom. The molecule has 8 heteroatoms. The lowest BCUT2D eigenvalue weighted by atomic mass is 9.81. The van der Waals surface area contributed by atoms with Gasteiger partial charge in [0.2, 0.25) is 0 Å². The van der Waals surface area contributed by atoms with Crippen molar-refractivity contribution in [2.45, 2.75) is 25.4 Å².